The molecule has 1 atom stereocenters. The third kappa shape index (κ3) is 4.58. The zero-order valence-corrected chi connectivity index (χ0v) is 17.3. The van der Waals surface area contributed by atoms with E-state index in [-0.39, 0.29) is 6.10 Å². The van der Waals surface area contributed by atoms with Crippen molar-refractivity contribution in [2.24, 2.45) is 0 Å². The van der Waals surface area contributed by atoms with Gasteiger partial charge >= 0.3 is 0 Å². The van der Waals surface area contributed by atoms with Crippen LogP contribution in [0.5, 0.6) is 11.5 Å². The Kier molecular flexibility index (Phi) is 6.08. The maximum atomic E-state index is 14.3. The van der Waals surface area contributed by atoms with Crippen molar-refractivity contribution in [2.75, 3.05) is 38.7 Å². The second-order valence-electron chi connectivity index (χ2n) is 6.50. The van der Waals surface area contributed by atoms with Crippen LogP contribution < -0.4 is 20.1 Å². The topological polar surface area (TPSA) is 77.5 Å². The van der Waals surface area contributed by atoms with Gasteiger partial charge in [0.15, 0.2) is 11.5 Å². The number of aromatic nitrogens is 2. The molecule has 2 aromatic carbocycles. The van der Waals surface area contributed by atoms with E-state index in [1.54, 1.807) is 31.4 Å². The molecule has 2 N–H and O–H groups in total. The van der Waals surface area contributed by atoms with Crippen LogP contribution in [0, 0.1) is 5.82 Å². The van der Waals surface area contributed by atoms with Crippen molar-refractivity contribution in [3.8, 4) is 11.5 Å². The summed E-state index contributed by atoms with van der Waals surface area (Å²) in [6, 6.07) is 8.35. The molecule has 1 aromatic heterocycles. The zero-order chi connectivity index (χ0) is 20.2. The van der Waals surface area contributed by atoms with Gasteiger partial charge in [-0.1, -0.05) is 15.9 Å². The average molecular weight is 463 g/mol. The molecule has 4 rings (SSSR count). The summed E-state index contributed by atoms with van der Waals surface area (Å²) in [6.45, 7) is 2.61. The van der Waals surface area contributed by atoms with E-state index in [9.17, 15) is 4.39 Å². The lowest BCUT2D eigenvalue weighted by Gasteiger charge is -2.24. The Morgan fingerprint density at radius 1 is 1.28 bits per heavy atom. The monoisotopic (exact) mass is 462 g/mol. The van der Waals surface area contributed by atoms with Gasteiger partial charge in [-0.3, -0.25) is 0 Å². The van der Waals surface area contributed by atoms with Crippen molar-refractivity contribution in [2.45, 2.75) is 6.10 Å². The highest BCUT2D eigenvalue weighted by Crippen LogP contribution is 2.35. The number of fused-ring (bicyclic) bond motifs is 1. The summed E-state index contributed by atoms with van der Waals surface area (Å²) in [5, 5.41) is 6.99. The highest BCUT2D eigenvalue weighted by Gasteiger charge is 2.17. The Morgan fingerprint density at radius 2 is 2.17 bits per heavy atom. The third-order valence-electron chi connectivity index (χ3n) is 4.53. The number of ether oxygens (including phenoxy) is 3. The number of anilines is 2. The Bertz CT molecular complexity index is 1010. The number of morpholine rings is 1. The standard InChI is InChI=1S/C20H20BrFN4O3/c1-27-18-8-17-14(7-19(18)29-10-13-9-23-4-5-28-13)20(25-11-24-17)26-16-3-2-12(21)6-15(16)22/h2-3,6-8,11,13,23H,4-5,9-10H2,1H3,(H,24,25,26). The van der Waals surface area contributed by atoms with Crippen molar-refractivity contribution in [3.63, 3.8) is 0 Å². The fourth-order valence-electron chi connectivity index (χ4n) is 3.06. The smallest absolute Gasteiger partial charge is 0.162 e. The predicted molar refractivity (Wildman–Crippen MR) is 112 cm³/mol. The lowest BCUT2D eigenvalue weighted by atomic mass is 10.2. The van der Waals surface area contributed by atoms with E-state index >= 15 is 0 Å². The van der Waals surface area contributed by atoms with E-state index in [4.69, 9.17) is 14.2 Å². The summed E-state index contributed by atoms with van der Waals surface area (Å²) < 4.78 is 32.0. The van der Waals surface area contributed by atoms with Crippen LogP contribution >= 0.6 is 15.9 Å². The van der Waals surface area contributed by atoms with Crippen LogP contribution in [-0.4, -0.2) is 49.5 Å². The molecule has 1 unspecified atom stereocenters. The van der Waals surface area contributed by atoms with Crippen LogP contribution in [0.3, 0.4) is 0 Å². The molecule has 0 aliphatic carbocycles. The summed E-state index contributed by atoms with van der Waals surface area (Å²) in [5.41, 5.74) is 0.966. The number of methoxy groups -OCH3 is 1. The molecule has 1 aliphatic heterocycles. The molecule has 1 saturated heterocycles. The van der Waals surface area contributed by atoms with Crippen LogP contribution in [0.15, 0.2) is 41.1 Å². The molecule has 0 bridgehead atoms. The molecule has 1 aliphatic rings. The van der Waals surface area contributed by atoms with E-state index in [1.165, 1.54) is 12.4 Å². The summed E-state index contributed by atoms with van der Waals surface area (Å²) in [7, 11) is 1.57. The Hall–Kier alpha value is -2.49. The maximum absolute atomic E-state index is 14.3. The first-order valence-electron chi connectivity index (χ1n) is 9.14. The number of rotatable bonds is 6. The quantitative estimate of drug-likeness (QED) is 0.578. The third-order valence-corrected chi connectivity index (χ3v) is 5.03. The Balaban J connectivity index is 1.64. The van der Waals surface area contributed by atoms with Crippen LogP contribution in [0.25, 0.3) is 10.9 Å². The molecule has 3 aromatic rings. The van der Waals surface area contributed by atoms with Crippen LogP contribution in [0.1, 0.15) is 0 Å². The van der Waals surface area contributed by atoms with Crippen molar-refractivity contribution < 1.29 is 18.6 Å². The Morgan fingerprint density at radius 3 is 2.93 bits per heavy atom. The van der Waals surface area contributed by atoms with Gasteiger partial charge in [-0.2, -0.15) is 0 Å². The first-order valence-corrected chi connectivity index (χ1v) is 9.93. The molecule has 29 heavy (non-hydrogen) atoms. The molecule has 0 radical (unpaired) electrons. The second kappa shape index (κ2) is 8.89. The molecule has 9 heteroatoms. The van der Waals surface area contributed by atoms with Gasteiger partial charge in [-0.05, 0) is 24.3 Å². The Labute approximate surface area is 175 Å². The van der Waals surface area contributed by atoms with E-state index < -0.39 is 5.82 Å². The van der Waals surface area contributed by atoms with Crippen LogP contribution in [-0.2, 0) is 4.74 Å². The number of nitrogens with zero attached hydrogens (tertiary/aromatic N) is 2. The van der Waals surface area contributed by atoms with Crippen molar-refractivity contribution in [3.05, 3.63) is 46.9 Å². The van der Waals surface area contributed by atoms with Gasteiger partial charge in [0.05, 0.1) is 24.9 Å². The summed E-state index contributed by atoms with van der Waals surface area (Å²) >= 11 is 3.26. The minimum Gasteiger partial charge on any atom is -0.493 e. The first-order chi connectivity index (χ1) is 14.1. The van der Waals surface area contributed by atoms with Crippen molar-refractivity contribution in [1.29, 1.82) is 0 Å². The SMILES string of the molecule is COc1cc2ncnc(Nc3ccc(Br)cc3F)c2cc1OCC1CNCCO1. The minimum atomic E-state index is -0.391. The fourth-order valence-corrected chi connectivity index (χ4v) is 3.40. The molecule has 2 heterocycles. The van der Waals surface area contributed by atoms with Gasteiger partial charge in [0.25, 0.3) is 0 Å². The first kappa shape index (κ1) is 19.8. The van der Waals surface area contributed by atoms with Gasteiger partial charge in [-0.25, -0.2) is 14.4 Å². The molecule has 0 saturated carbocycles. The van der Waals surface area contributed by atoms with Gasteiger partial charge in [0, 0.05) is 29.0 Å². The van der Waals surface area contributed by atoms with E-state index in [1.807, 2.05) is 0 Å². The molecule has 0 amide bonds. The zero-order valence-electron chi connectivity index (χ0n) is 15.7. The summed E-state index contributed by atoms with van der Waals surface area (Å²) in [5.74, 6) is 1.18. The maximum Gasteiger partial charge on any atom is 0.162 e. The molecule has 1 fully saturated rings. The van der Waals surface area contributed by atoms with Crippen molar-refractivity contribution in [1.82, 2.24) is 15.3 Å². The molecule has 7 nitrogen and oxygen atoms in total. The lowest BCUT2D eigenvalue weighted by molar-refractivity contribution is -0.000232. The number of hydrogen-bond acceptors (Lipinski definition) is 7. The minimum absolute atomic E-state index is 0.0365. The lowest BCUT2D eigenvalue weighted by Crippen LogP contribution is -2.41. The predicted octanol–water partition coefficient (Wildman–Crippen LogP) is 3.65. The van der Waals surface area contributed by atoms with E-state index in [2.05, 4.69) is 36.5 Å². The van der Waals surface area contributed by atoms with E-state index in [0.29, 0.717) is 51.6 Å². The van der Waals surface area contributed by atoms with Gasteiger partial charge < -0.3 is 24.8 Å². The molecular formula is C20H20BrFN4O3. The second-order valence-corrected chi connectivity index (χ2v) is 7.42. The fraction of sp³-hybridized carbons (Fsp3) is 0.300. The largest absolute Gasteiger partial charge is 0.493 e. The van der Waals surface area contributed by atoms with E-state index in [0.717, 1.165) is 13.1 Å². The summed E-state index contributed by atoms with van der Waals surface area (Å²) in [6.07, 6.45) is 1.38. The van der Waals surface area contributed by atoms with Gasteiger partial charge in [0.1, 0.15) is 30.7 Å². The molecule has 0 spiro atoms. The highest BCUT2D eigenvalue weighted by atomic mass is 79.9. The molecular weight excluding hydrogens is 443 g/mol. The normalized spacial score (nSPS) is 16.6. The highest BCUT2D eigenvalue weighted by molar-refractivity contribution is 9.10. The average Bonchev–Trinajstić information content (AvgIpc) is 2.74. The van der Waals surface area contributed by atoms with Gasteiger partial charge in [0.2, 0.25) is 0 Å². The van der Waals surface area contributed by atoms with Crippen molar-refractivity contribution >= 4 is 38.3 Å². The number of halogens is 2. The van der Waals surface area contributed by atoms with Crippen LogP contribution in [0.4, 0.5) is 15.9 Å². The summed E-state index contributed by atoms with van der Waals surface area (Å²) in [4.78, 5) is 8.58. The number of nitrogens with one attached hydrogen (secondary N) is 2. The van der Waals surface area contributed by atoms with Gasteiger partial charge in [-0.15, -0.1) is 0 Å². The number of benzene rings is 2. The molecule has 152 valence electrons. The van der Waals surface area contributed by atoms with Crippen LogP contribution in [0.2, 0.25) is 0 Å². The number of hydrogen-bond donors (Lipinski definition) is 2.